The average Bonchev–Trinajstić information content (AvgIpc) is 2.72. The van der Waals surface area contributed by atoms with Gasteiger partial charge in [-0.15, -0.1) is 0 Å². The summed E-state index contributed by atoms with van der Waals surface area (Å²) in [6, 6.07) is 11.1. The summed E-state index contributed by atoms with van der Waals surface area (Å²) in [5.74, 6) is 2.29. The Morgan fingerprint density at radius 2 is 1.71 bits per heavy atom. The number of nitrogens with zero attached hydrogens (tertiary/aromatic N) is 2. The fraction of sp³-hybridized carbons (Fsp3) is 0.190. The van der Waals surface area contributed by atoms with Gasteiger partial charge in [-0.25, -0.2) is 4.98 Å². The van der Waals surface area contributed by atoms with Crippen LogP contribution in [-0.2, 0) is 6.42 Å². The van der Waals surface area contributed by atoms with E-state index in [9.17, 15) is 4.79 Å². The van der Waals surface area contributed by atoms with Gasteiger partial charge in [-0.1, -0.05) is 12.1 Å². The molecular weight excluding hydrogens is 358 g/mol. The van der Waals surface area contributed by atoms with Crippen molar-refractivity contribution in [2.45, 2.75) is 6.42 Å². The molecule has 7 heteroatoms. The number of rotatable bonds is 5. The van der Waals surface area contributed by atoms with Crippen LogP contribution in [0.4, 0.5) is 0 Å². The number of aromatic nitrogens is 3. The number of hydrogen-bond donors (Lipinski definition) is 1. The van der Waals surface area contributed by atoms with Gasteiger partial charge in [0.25, 0.3) is 5.56 Å². The highest BCUT2D eigenvalue weighted by molar-refractivity contribution is 5.85. The number of benzene rings is 2. The predicted molar refractivity (Wildman–Crippen MR) is 107 cm³/mol. The Morgan fingerprint density at radius 3 is 2.46 bits per heavy atom. The fourth-order valence-electron chi connectivity index (χ4n) is 3.23. The van der Waals surface area contributed by atoms with Crippen molar-refractivity contribution in [3.8, 4) is 17.2 Å². The van der Waals surface area contributed by atoms with Crippen molar-refractivity contribution in [3.63, 3.8) is 0 Å². The molecule has 0 aliphatic carbocycles. The Kier molecular flexibility index (Phi) is 4.57. The van der Waals surface area contributed by atoms with Crippen LogP contribution in [0.25, 0.3) is 21.8 Å². The number of fused-ring (bicyclic) bond motifs is 2. The summed E-state index contributed by atoms with van der Waals surface area (Å²) in [4.78, 5) is 24.5. The average molecular weight is 377 g/mol. The molecule has 0 aliphatic heterocycles. The third-order valence-electron chi connectivity index (χ3n) is 4.58. The molecule has 0 unspecified atom stereocenters. The molecule has 0 radical (unpaired) electrons. The Hall–Kier alpha value is -3.61. The van der Waals surface area contributed by atoms with Crippen LogP contribution in [0.15, 0.2) is 47.4 Å². The van der Waals surface area contributed by atoms with Crippen LogP contribution < -0.4 is 19.8 Å². The molecule has 142 valence electrons. The zero-order chi connectivity index (χ0) is 19.7. The second-order valence-corrected chi connectivity index (χ2v) is 6.29. The molecule has 0 saturated carbocycles. The molecule has 0 atom stereocenters. The van der Waals surface area contributed by atoms with Gasteiger partial charge in [0.2, 0.25) is 0 Å². The van der Waals surface area contributed by atoms with E-state index in [2.05, 4.69) is 15.0 Å². The molecule has 0 bridgehead atoms. The summed E-state index contributed by atoms with van der Waals surface area (Å²) < 4.78 is 15.9. The highest BCUT2D eigenvalue weighted by atomic mass is 16.5. The van der Waals surface area contributed by atoms with Gasteiger partial charge < -0.3 is 19.2 Å². The molecule has 0 spiro atoms. The zero-order valence-electron chi connectivity index (χ0n) is 15.8. The maximum Gasteiger partial charge on any atom is 0.258 e. The number of para-hydroxylation sites is 1. The first-order valence-electron chi connectivity index (χ1n) is 8.69. The molecular formula is C21H19N3O4. The van der Waals surface area contributed by atoms with Gasteiger partial charge in [-0.3, -0.25) is 9.78 Å². The molecule has 0 aliphatic rings. The normalized spacial score (nSPS) is 11.0. The molecule has 2 heterocycles. The smallest absolute Gasteiger partial charge is 0.258 e. The second-order valence-electron chi connectivity index (χ2n) is 6.29. The van der Waals surface area contributed by atoms with E-state index in [-0.39, 0.29) is 5.56 Å². The zero-order valence-corrected chi connectivity index (χ0v) is 15.8. The molecule has 4 aromatic rings. The fourth-order valence-corrected chi connectivity index (χ4v) is 3.23. The van der Waals surface area contributed by atoms with Crippen molar-refractivity contribution in [1.29, 1.82) is 0 Å². The summed E-state index contributed by atoms with van der Waals surface area (Å²) in [5.41, 5.74) is 2.05. The molecule has 1 N–H and O–H groups in total. The standard InChI is InChI=1S/C21H19N3O4/c1-26-16-6-4-5-13-7-12(11-22-20(13)16)8-19-23-15-10-18(28-3)17(27-2)9-14(15)21(25)24-19/h4-7,9-11H,8H2,1-3H3,(H,23,24,25). The Balaban J connectivity index is 1.75. The van der Waals surface area contributed by atoms with Crippen LogP contribution in [0.1, 0.15) is 11.4 Å². The second kappa shape index (κ2) is 7.19. The first-order valence-corrected chi connectivity index (χ1v) is 8.69. The van der Waals surface area contributed by atoms with Gasteiger partial charge in [0.15, 0.2) is 11.5 Å². The lowest BCUT2D eigenvalue weighted by Gasteiger charge is -2.10. The van der Waals surface area contributed by atoms with Crippen molar-refractivity contribution in [1.82, 2.24) is 15.0 Å². The van der Waals surface area contributed by atoms with Gasteiger partial charge >= 0.3 is 0 Å². The highest BCUT2D eigenvalue weighted by Crippen LogP contribution is 2.30. The molecule has 2 aromatic carbocycles. The van der Waals surface area contributed by atoms with Crippen LogP contribution in [0.3, 0.4) is 0 Å². The number of hydrogen-bond acceptors (Lipinski definition) is 6. The van der Waals surface area contributed by atoms with E-state index in [0.717, 1.165) is 22.2 Å². The third kappa shape index (κ3) is 3.11. The van der Waals surface area contributed by atoms with Gasteiger partial charge in [-0.05, 0) is 23.8 Å². The van der Waals surface area contributed by atoms with E-state index < -0.39 is 0 Å². The lowest BCUT2D eigenvalue weighted by atomic mass is 10.1. The quantitative estimate of drug-likeness (QED) is 0.575. The number of pyridine rings is 1. The molecule has 7 nitrogen and oxygen atoms in total. The minimum Gasteiger partial charge on any atom is -0.494 e. The predicted octanol–water partition coefficient (Wildman–Crippen LogP) is 3.09. The number of aromatic amines is 1. The van der Waals surface area contributed by atoms with E-state index >= 15 is 0 Å². The topological polar surface area (TPSA) is 86.3 Å². The number of methoxy groups -OCH3 is 3. The van der Waals surface area contributed by atoms with E-state index in [0.29, 0.717) is 34.6 Å². The minimum absolute atomic E-state index is 0.226. The first-order chi connectivity index (χ1) is 13.6. The Labute approximate surface area is 160 Å². The molecule has 2 aromatic heterocycles. The molecule has 0 amide bonds. The highest BCUT2D eigenvalue weighted by Gasteiger charge is 2.12. The maximum absolute atomic E-state index is 12.5. The van der Waals surface area contributed by atoms with Crippen molar-refractivity contribution < 1.29 is 14.2 Å². The van der Waals surface area contributed by atoms with E-state index in [1.165, 1.54) is 7.11 Å². The lowest BCUT2D eigenvalue weighted by molar-refractivity contribution is 0.355. The van der Waals surface area contributed by atoms with Crippen molar-refractivity contribution in [3.05, 3.63) is 64.3 Å². The maximum atomic E-state index is 12.5. The molecule has 0 fully saturated rings. The summed E-state index contributed by atoms with van der Waals surface area (Å²) >= 11 is 0. The largest absolute Gasteiger partial charge is 0.494 e. The van der Waals surface area contributed by atoms with Gasteiger partial charge in [0.1, 0.15) is 17.1 Å². The van der Waals surface area contributed by atoms with E-state index in [4.69, 9.17) is 14.2 Å². The lowest BCUT2D eigenvalue weighted by Crippen LogP contribution is -2.12. The summed E-state index contributed by atoms with van der Waals surface area (Å²) in [6.07, 6.45) is 2.21. The van der Waals surface area contributed by atoms with E-state index in [1.54, 1.807) is 32.5 Å². The van der Waals surface area contributed by atoms with Crippen LogP contribution in [-0.4, -0.2) is 36.3 Å². The third-order valence-corrected chi connectivity index (χ3v) is 4.58. The van der Waals surface area contributed by atoms with Crippen molar-refractivity contribution in [2.75, 3.05) is 21.3 Å². The summed E-state index contributed by atoms with van der Waals surface area (Å²) in [5, 5.41) is 1.41. The number of nitrogens with one attached hydrogen (secondary N) is 1. The van der Waals surface area contributed by atoms with Crippen LogP contribution in [0.5, 0.6) is 17.2 Å². The Morgan fingerprint density at radius 1 is 0.964 bits per heavy atom. The van der Waals surface area contributed by atoms with Gasteiger partial charge in [-0.2, -0.15) is 0 Å². The van der Waals surface area contributed by atoms with E-state index in [1.807, 2.05) is 24.3 Å². The number of H-pyrrole nitrogens is 1. The molecule has 0 saturated heterocycles. The van der Waals surface area contributed by atoms with Crippen molar-refractivity contribution >= 4 is 21.8 Å². The van der Waals surface area contributed by atoms with Gasteiger partial charge in [0, 0.05) is 24.1 Å². The first kappa shape index (κ1) is 17.8. The summed E-state index contributed by atoms with van der Waals surface area (Å²) in [7, 11) is 4.70. The summed E-state index contributed by atoms with van der Waals surface area (Å²) in [6.45, 7) is 0. The monoisotopic (exact) mass is 377 g/mol. The Bertz CT molecular complexity index is 1230. The molecule has 28 heavy (non-hydrogen) atoms. The van der Waals surface area contributed by atoms with Crippen LogP contribution in [0.2, 0.25) is 0 Å². The van der Waals surface area contributed by atoms with Gasteiger partial charge in [0.05, 0.1) is 32.2 Å². The van der Waals surface area contributed by atoms with Crippen LogP contribution >= 0.6 is 0 Å². The van der Waals surface area contributed by atoms with Crippen molar-refractivity contribution in [2.24, 2.45) is 0 Å². The minimum atomic E-state index is -0.226. The molecule has 4 rings (SSSR count). The SMILES string of the molecule is COc1cc2nc(Cc3cnc4c(OC)cccc4c3)[nH]c(=O)c2cc1OC. The number of ether oxygens (including phenoxy) is 3. The van der Waals surface area contributed by atoms with Crippen LogP contribution in [0, 0.1) is 0 Å².